The smallest absolute Gasteiger partial charge is 0.310 e. The lowest BCUT2D eigenvalue weighted by Gasteiger charge is -2.29. The van der Waals surface area contributed by atoms with Crippen molar-refractivity contribution in [2.75, 3.05) is 36.5 Å². The Kier molecular flexibility index (Phi) is 4.17. The van der Waals surface area contributed by atoms with Crippen molar-refractivity contribution in [2.24, 2.45) is 11.8 Å². The van der Waals surface area contributed by atoms with Crippen LogP contribution in [0.3, 0.4) is 0 Å². The van der Waals surface area contributed by atoms with E-state index in [1.54, 1.807) is 6.07 Å². The summed E-state index contributed by atoms with van der Waals surface area (Å²) in [5, 5.41) is 20.3. The monoisotopic (exact) mass is 388 g/mol. The maximum absolute atomic E-state index is 12.9. The lowest BCUT2D eigenvalue weighted by atomic mass is 9.78. The number of aromatic nitrogens is 2. The van der Waals surface area contributed by atoms with E-state index in [0.717, 1.165) is 18.8 Å². The van der Waals surface area contributed by atoms with Gasteiger partial charge < -0.3 is 24.8 Å². The number of anilines is 2. The summed E-state index contributed by atoms with van der Waals surface area (Å²) in [5.74, 6) is -2.91. The molecular formula is C18H20N4O6. The minimum absolute atomic E-state index is 0.357. The van der Waals surface area contributed by atoms with E-state index in [4.69, 9.17) is 14.1 Å². The average Bonchev–Trinajstić information content (AvgIpc) is 3.44. The number of fused-ring (bicyclic) bond motifs is 3. The Bertz CT molecular complexity index is 924. The summed E-state index contributed by atoms with van der Waals surface area (Å²) >= 11 is 0. The number of hydrogen-bond acceptors (Lipinski definition) is 8. The van der Waals surface area contributed by atoms with Gasteiger partial charge in [0.1, 0.15) is 0 Å². The molecule has 2 bridgehead atoms. The van der Waals surface area contributed by atoms with Crippen molar-refractivity contribution in [2.45, 2.75) is 25.0 Å². The predicted molar refractivity (Wildman–Crippen MR) is 96.0 cm³/mol. The summed E-state index contributed by atoms with van der Waals surface area (Å²) in [6.45, 7) is 2.73. The summed E-state index contributed by atoms with van der Waals surface area (Å²) in [7, 11) is 0. The van der Waals surface area contributed by atoms with Crippen molar-refractivity contribution in [1.82, 2.24) is 10.3 Å². The summed E-state index contributed by atoms with van der Waals surface area (Å²) < 4.78 is 16.0. The van der Waals surface area contributed by atoms with E-state index >= 15 is 0 Å². The fraction of sp³-hybridized carbons (Fsp3) is 0.556. The molecule has 1 aromatic carbocycles. The second-order valence-electron chi connectivity index (χ2n) is 7.36. The van der Waals surface area contributed by atoms with Gasteiger partial charge in [0.15, 0.2) is 11.0 Å². The minimum atomic E-state index is -0.997. The van der Waals surface area contributed by atoms with Gasteiger partial charge in [0, 0.05) is 13.1 Å². The number of amides is 1. The van der Waals surface area contributed by atoms with E-state index in [0.29, 0.717) is 42.8 Å². The third-order valence-corrected chi connectivity index (χ3v) is 5.86. The number of carbonyl (C=O) groups is 2. The molecular weight excluding hydrogens is 368 g/mol. The molecule has 0 unspecified atom stereocenters. The van der Waals surface area contributed by atoms with Crippen molar-refractivity contribution < 1.29 is 28.8 Å². The number of carbonyl (C=O) groups excluding carboxylic acids is 1. The van der Waals surface area contributed by atoms with Crippen LogP contribution in [-0.4, -0.2) is 65.8 Å². The lowest BCUT2D eigenvalue weighted by Crippen LogP contribution is -2.41. The van der Waals surface area contributed by atoms with Gasteiger partial charge in [-0.3, -0.25) is 9.59 Å². The zero-order valence-corrected chi connectivity index (χ0v) is 15.0. The van der Waals surface area contributed by atoms with Crippen molar-refractivity contribution >= 4 is 34.3 Å². The van der Waals surface area contributed by atoms with Crippen molar-refractivity contribution in [3.05, 3.63) is 12.1 Å². The maximum atomic E-state index is 12.9. The molecule has 4 heterocycles. The first-order valence-electron chi connectivity index (χ1n) is 9.40. The molecule has 3 saturated heterocycles. The minimum Gasteiger partial charge on any atom is -0.481 e. The molecule has 3 fully saturated rings. The van der Waals surface area contributed by atoms with Crippen LogP contribution in [0.2, 0.25) is 0 Å². The first-order valence-corrected chi connectivity index (χ1v) is 9.40. The van der Waals surface area contributed by atoms with E-state index in [-0.39, 0.29) is 12.0 Å². The van der Waals surface area contributed by atoms with Crippen LogP contribution in [0.5, 0.6) is 0 Å². The Morgan fingerprint density at radius 1 is 1.07 bits per heavy atom. The van der Waals surface area contributed by atoms with E-state index < -0.39 is 23.9 Å². The molecule has 10 nitrogen and oxygen atoms in total. The quantitative estimate of drug-likeness (QED) is 0.784. The molecule has 148 valence electrons. The third-order valence-electron chi connectivity index (χ3n) is 5.86. The molecule has 4 atom stereocenters. The van der Waals surface area contributed by atoms with Gasteiger partial charge in [-0.2, -0.15) is 0 Å². The molecule has 0 spiro atoms. The number of nitrogens with zero attached hydrogens (tertiary/aromatic N) is 3. The molecule has 28 heavy (non-hydrogen) atoms. The predicted octanol–water partition coefficient (Wildman–Crippen LogP) is 0.876. The van der Waals surface area contributed by atoms with Gasteiger partial charge in [-0.1, -0.05) is 0 Å². The van der Waals surface area contributed by atoms with Crippen molar-refractivity contribution in [3.8, 4) is 0 Å². The van der Waals surface area contributed by atoms with Gasteiger partial charge in [-0.05, 0) is 35.3 Å². The van der Waals surface area contributed by atoms with Crippen LogP contribution in [0.15, 0.2) is 16.8 Å². The number of carboxylic acid groups (broad SMARTS) is 1. The SMILES string of the molecule is O=C(O)[C@@H]1[C@H](C(=O)Nc2ccc(N3CCOCC3)c3nonc23)[C@H]2CC[C@H]1O2. The molecule has 5 rings (SSSR count). The number of rotatable bonds is 4. The Balaban J connectivity index is 1.42. The van der Waals surface area contributed by atoms with Crippen LogP contribution in [0.4, 0.5) is 11.4 Å². The number of hydrogen-bond donors (Lipinski definition) is 2. The van der Waals surface area contributed by atoms with Gasteiger partial charge in [0.25, 0.3) is 0 Å². The lowest BCUT2D eigenvalue weighted by molar-refractivity contribution is -0.147. The maximum Gasteiger partial charge on any atom is 0.310 e. The van der Waals surface area contributed by atoms with Crippen LogP contribution in [0.1, 0.15) is 12.8 Å². The number of nitrogens with one attached hydrogen (secondary N) is 1. The standard InChI is InChI=1S/C18H20N4O6/c23-17(13-11-3-4-12(27-11)14(13)18(24)25)19-9-1-2-10(16-15(9)20-28-21-16)22-5-7-26-8-6-22/h1-2,11-14H,3-8H2,(H,19,23)(H,24,25)/t11-,12-,13-,14+/m1/s1. The first kappa shape index (κ1) is 17.4. The fourth-order valence-corrected chi connectivity index (χ4v) is 4.55. The Hall–Kier alpha value is -2.72. The van der Waals surface area contributed by atoms with E-state index in [1.807, 2.05) is 6.07 Å². The summed E-state index contributed by atoms with van der Waals surface area (Å²) in [6, 6.07) is 3.61. The van der Waals surface area contributed by atoms with Crippen LogP contribution < -0.4 is 10.2 Å². The molecule has 1 amide bonds. The molecule has 2 aromatic rings. The zero-order chi connectivity index (χ0) is 19.3. The number of aliphatic carboxylic acids is 1. The Morgan fingerprint density at radius 3 is 2.54 bits per heavy atom. The molecule has 0 saturated carbocycles. The van der Waals surface area contributed by atoms with E-state index in [2.05, 4.69) is 20.5 Å². The van der Waals surface area contributed by atoms with Gasteiger partial charge in [0.05, 0.1) is 48.6 Å². The number of ether oxygens (including phenoxy) is 2. The largest absolute Gasteiger partial charge is 0.481 e. The number of carboxylic acids is 1. The molecule has 3 aliphatic rings. The Labute approximate surface area is 159 Å². The normalized spacial score (nSPS) is 29.4. The highest BCUT2D eigenvalue weighted by Gasteiger charge is 2.55. The fourth-order valence-electron chi connectivity index (χ4n) is 4.55. The highest BCUT2D eigenvalue weighted by Crippen LogP contribution is 2.44. The molecule has 1 aromatic heterocycles. The zero-order valence-electron chi connectivity index (χ0n) is 15.0. The molecule has 3 aliphatic heterocycles. The van der Waals surface area contributed by atoms with Crippen LogP contribution >= 0.6 is 0 Å². The Morgan fingerprint density at radius 2 is 1.79 bits per heavy atom. The van der Waals surface area contributed by atoms with E-state index in [1.165, 1.54) is 0 Å². The molecule has 0 aliphatic carbocycles. The topological polar surface area (TPSA) is 127 Å². The number of morpholine rings is 1. The van der Waals surface area contributed by atoms with Crippen molar-refractivity contribution in [3.63, 3.8) is 0 Å². The van der Waals surface area contributed by atoms with Gasteiger partial charge in [-0.25, -0.2) is 4.63 Å². The third kappa shape index (κ3) is 2.71. The summed E-state index contributed by atoms with van der Waals surface area (Å²) in [6.07, 6.45) is 0.626. The average molecular weight is 388 g/mol. The molecule has 10 heteroatoms. The molecule has 2 N–H and O–H groups in total. The van der Waals surface area contributed by atoms with Gasteiger partial charge in [-0.15, -0.1) is 0 Å². The van der Waals surface area contributed by atoms with Crippen LogP contribution in [0.25, 0.3) is 11.0 Å². The molecule has 0 radical (unpaired) electrons. The van der Waals surface area contributed by atoms with Gasteiger partial charge in [0.2, 0.25) is 5.91 Å². The second-order valence-corrected chi connectivity index (χ2v) is 7.36. The number of benzene rings is 1. The summed E-state index contributed by atoms with van der Waals surface area (Å²) in [5.41, 5.74) is 2.31. The highest BCUT2D eigenvalue weighted by atomic mass is 16.6. The highest BCUT2D eigenvalue weighted by molar-refractivity contribution is 6.04. The first-order chi connectivity index (χ1) is 13.6. The van der Waals surface area contributed by atoms with Crippen LogP contribution in [-0.2, 0) is 19.1 Å². The van der Waals surface area contributed by atoms with Crippen LogP contribution in [0, 0.1) is 11.8 Å². The summed E-state index contributed by atoms with van der Waals surface area (Å²) in [4.78, 5) is 26.7. The van der Waals surface area contributed by atoms with Crippen molar-refractivity contribution in [1.29, 1.82) is 0 Å². The van der Waals surface area contributed by atoms with Gasteiger partial charge >= 0.3 is 5.97 Å². The second kappa shape index (κ2) is 6.71. The van der Waals surface area contributed by atoms with E-state index in [9.17, 15) is 14.7 Å².